The average molecular weight is 416 g/mol. The van der Waals surface area contributed by atoms with Gasteiger partial charge in [0.1, 0.15) is 18.2 Å². The summed E-state index contributed by atoms with van der Waals surface area (Å²) in [6, 6.07) is 12.3. The second-order valence-electron chi connectivity index (χ2n) is 7.84. The number of rotatable bonds is 7. The highest BCUT2D eigenvalue weighted by atomic mass is 19.1. The molecule has 2 aromatic carbocycles. The van der Waals surface area contributed by atoms with Gasteiger partial charge in [0, 0.05) is 39.9 Å². The van der Waals surface area contributed by atoms with E-state index in [4.69, 9.17) is 14.2 Å². The molecule has 0 saturated heterocycles. The SMILES string of the molecule is CO[C@H]1CC[C@](OC)(c2cc(F)cc(OCc3ccc(N(C)C(C)=O)cc3)c2)CC1. The number of anilines is 1. The standard InChI is InChI=1S/C24H30FNO4/c1-17(27)26(2)21-7-5-18(6-8-21)16-30-23-14-19(13-20(25)15-23)24(29-4)11-9-22(28-3)10-12-24/h5-8,13-15,22H,9-12,16H2,1-4H3/t22-,24+. The van der Waals surface area contributed by atoms with E-state index in [0.29, 0.717) is 12.4 Å². The van der Waals surface area contributed by atoms with E-state index in [-0.39, 0.29) is 17.8 Å². The molecule has 162 valence electrons. The molecule has 0 bridgehead atoms. The Morgan fingerprint density at radius 3 is 2.37 bits per heavy atom. The van der Waals surface area contributed by atoms with E-state index in [2.05, 4.69) is 0 Å². The number of methoxy groups -OCH3 is 2. The van der Waals surface area contributed by atoms with Crippen LogP contribution < -0.4 is 9.64 Å². The van der Waals surface area contributed by atoms with Crippen LogP contribution >= 0.6 is 0 Å². The van der Waals surface area contributed by atoms with Crippen molar-refractivity contribution < 1.29 is 23.4 Å². The van der Waals surface area contributed by atoms with Gasteiger partial charge in [0.05, 0.1) is 11.7 Å². The third-order valence-electron chi connectivity index (χ3n) is 6.06. The molecule has 1 aliphatic rings. The summed E-state index contributed by atoms with van der Waals surface area (Å²) in [6.07, 6.45) is 3.52. The smallest absolute Gasteiger partial charge is 0.223 e. The molecular weight excluding hydrogens is 385 g/mol. The van der Waals surface area contributed by atoms with Gasteiger partial charge in [-0.3, -0.25) is 4.79 Å². The van der Waals surface area contributed by atoms with E-state index in [1.807, 2.05) is 30.3 Å². The van der Waals surface area contributed by atoms with Crippen LogP contribution in [0.2, 0.25) is 0 Å². The van der Waals surface area contributed by atoms with Crippen LogP contribution in [0.15, 0.2) is 42.5 Å². The Bertz CT molecular complexity index is 860. The first kappa shape index (κ1) is 22.2. The lowest BCUT2D eigenvalue weighted by atomic mass is 9.78. The lowest BCUT2D eigenvalue weighted by Crippen LogP contribution is -2.36. The van der Waals surface area contributed by atoms with E-state index >= 15 is 0 Å². The van der Waals surface area contributed by atoms with Crippen molar-refractivity contribution in [2.24, 2.45) is 0 Å². The largest absolute Gasteiger partial charge is 0.489 e. The molecule has 6 heteroatoms. The first-order chi connectivity index (χ1) is 14.4. The van der Waals surface area contributed by atoms with E-state index < -0.39 is 5.60 Å². The third-order valence-corrected chi connectivity index (χ3v) is 6.06. The highest BCUT2D eigenvalue weighted by Gasteiger charge is 2.37. The summed E-state index contributed by atoms with van der Waals surface area (Å²) >= 11 is 0. The predicted octanol–water partition coefficient (Wildman–Crippen LogP) is 4.82. The summed E-state index contributed by atoms with van der Waals surface area (Å²) in [6.45, 7) is 1.83. The predicted molar refractivity (Wildman–Crippen MR) is 114 cm³/mol. The summed E-state index contributed by atoms with van der Waals surface area (Å²) in [7, 11) is 5.13. The number of carbonyl (C=O) groups excluding carboxylic acids is 1. The molecule has 5 nitrogen and oxygen atoms in total. The average Bonchev–Trinajstić information content (AvgIpc) is 2.77. The monoisotopic (exact) mass is 415 g/mol. The number of nitrogens with zero attached hydrogens (tertiary/aromatic N) is 1. The Labute approximate surface area is 177 Å². The molecule has 0 atom stereocenters. The molecule has 0 radical (unpaired) electrons. The molecule has 30 heavy (non-hydrogen) atoms. The molecule has 0 heterocycles. The van der Waals surface area contributed by atoms with Crippen LogP contribution in [0.1, 0.15) is 43.7 Å². The fourth-order valence-electron chi connectivity index (χ4n) is 3.98. The zero-order chi connectivity index (χ0) is 21.7. The topological polar surface area (TPSA) is 48.0 Å². The van der Waals surface area contributed by atoms with Gasteiger partial charge >= 0.3 is 0 Å². The van der Waals surface area contributed by atoms with Gasteiger partial charge in [0.2, 0.25) is 5.91 Å². The molecule has 0 aromatic heterocycles. The zero-order valence-electron chi connectivity index (χ0n) is 18.1. The summed E-state index contributed by atoms with van der Waals surface area (Å²) in [5.74, 6) is 0.101. The molecule has 1 saturated carbocycles. The van der Waals surface area contributed by atoms with Crippen molar-refractivity contribution in [1.29, 1.82) is 0 Å². The quantitative estimate of drug-likeness (QED) is 0.651. The van der Waals surface area contributed by atoms with Crippen molar-refractivity contribution >= 4 is 11.6 Å². The molecule has 0 aliphatic heterocycles. The molecular formula is C24H30FNO4. The minimum absolute atomic E-state index is 0.0297. The van der Waals surface area contributed by atoms with Crippen LogP contribution in [-0.2, 0) is 26.5 Å². The van der Waals surface area contributed by atoms with Crippen molar-refractivity contribution in [2.75, 3.05) is 26.2 Å². The Kier molecular flexibility index (Phi) is 7.10. The lowest BCUT2D eigenvalue weighted by molar-refractivity contribution is -0.116. The maximum atomic E-state index is 14.4. The highest BCUT2D eigenvalue weighted by Crippen LogP contribution is 2.42. The van der Waals surface area contributed by atoms with Crippen molar-refractivity contribution in [3.8, 4) is 5.75 Å². The Morgan fingerprint density at radius 1 is 1.13 bits per heavy atom. The number of hydrogen-bond donors (Lipinski definition) is 0. The van der Waals surface area contributed by atoms with Crippen molar-refractivity contribution in [3.63, 3.8) is 0 Å². The summed E-state index contributed by atoms with van der Waals surface area (Å²) < 4.78 is 31.6. The minimum Gasteiger partial charge on any atom is -0.489 e. The van der Waals surface area contributed by atoms with Crippen molar-refractivity contribution in [2.45, 2.75) is 50.9 Å². The summed E-state index contributed by atoms with van der Waals surface area (Å²) in [4.78, 5) is 13.0. The number of ether oxygens (including phenoxy) is 3. The molecule has 3 rings (SSSR count). The molecule has 0 N–H and O–H groups in total. The second kappa shape index (κ2) is 9.58. The van der Waals surface area contributed by atoms with Crippen molar-refractivity contribution in [1.82, 2.24) is 0 Å². The number of halogens is 1. The molecule has 1 fully saturated rings. The van der Waals surface area contributed by atoms with Gasteiger partial charge in [-0.1, -0.05) is 12.1 Å². The van der Waals surface area contributed by atoms with Crippen LogP contribution in [0.4, 0.5) is 10.1 Å². The molecule has 1 aliphatic carbocycles. The van der Waals surface area contributed by atoms with Gasteiger partial charge in [-0.2, -0.15) is 0 Å². The Balaban J connectivity index is 1.72. The lowest BCUT2D eigenvalue weighted by Gasteiger charge is -2.39. The number of amides is 1. The van der Waals surface area contributed by atoms with Gasteiger partial charge in [-0.25, -0.2) is 4.39 Å². The highest BCUT2D eigenvalue weighted by molar-refractivity contribution is 5.90. The molecule has 2 aromatic rings. The number of benzene rings is 2. The summed E-state index contributed by atoms with van der Waals surface area (Å²) in [5, 5.41) is 0. The molecule has 1 amide bonds. The van der Waals surface area contributed by atoms with E-state index in [0.717, 1.165) is 42.5 Å². The van der Waals surface area contributed by atoms with Gasteiger partial charge in [-0.15, -0.1) is 0 Å². The van der Waals surface area contributed by atoms with E-state index in [1.165, 1.54) is 19.1 Å². The normalized spacial score (nSPS) is 21.3. The third kappa shape index (κ3) is 4.99. The fourth-order valence-corrected chi connectivity index (χ4v) is 3.98. The maximum Gasteiger partial charge on any atom is 0.223 e. The van der Waals surface area contributed by atoms with Crippen LogP contribution in [0, 0.1) is 5.82 Å². The van der Waals surface area contributed by atoms with Crippen LogP contribution in [-0.4, -0.2) is 33.3 Å². The molecule has 0 unspecified atom stereocenters. The van der Waals surface area contributed by atoms with Crippen LogP contribution in [0.5, 0.6) is 5.75 Å². The first-order valence-electron chi connectivity index (χ1n) is 10.2. The van der Waals surface area contributed by atoms with Crippen LogP contribution in [0.25, 0.3) is 0 Å². The number of hydrogen-bond acceptors (Lipinski definition) is 4. The van der Waals surface area contributed by atoms with E-state index in [1.54, 1.807) is 26.2 Å². The second-order valence-corrected chi connectivity index (χ2v) is 7.84. The zero-order valence-corrected chi connectivity index (χ0v) is 18.1. The maximum absolute atomic E-state index is 14.4. The molecule has 0 spiro atoms. The Morgan fingerprint density at radius 2 is 1.80 bits per heavy atom. The van der Waals surface area contributed by atoms with Crippen molar-refractivity contribution in [3.05, 3.63) is 59.4 Å². The first-order valence-corrected chi connectivity index (χ1v) is 10.2. The van der Waals surface area contributed by atoms with Gasteiger partial charge in [-0.05, 0) is 61.1 Å². The number of carbonyl (C=O) groups is 1. The van der Waals surface area contributed by atoms with Gasteiger partial charge in [0.15, 0.2) is 0 Å². The van der Waals surface area contributed by atoms with E-state index in [9.17, 15) is 9.18 Å². The van der Waals surface area contributed by atoms with Gasteiger partial charge < -0.3 is 19.1 Å². The van der Waals surface area contributed by atoms with Gasteiger partial charge in [0.25, 0.3) is 0 Å². The Hall–Kier alpha value is -2.44. The minimum atomic E-state index is -0.520. The van der Waals surface area contributed by atoms with Crippen LogP contribution in [0.3, 0.4) is 0 Å². The summed E-state index contributed by atoms with van der Waals surface area (Å²) in [5.41, 5.74) is 2.03. The fraction of sp³-hybridized carbons (Fsp3) is 0.458.